The molecule has 154 valence electrons. The first kappa shape index (κ1) is 20.1. The van der Waals surface area contributed by atoms with Crippen LogP contribution in [0.3, 0.4) is 0 Å². The van der Waals surface area contributed by atoms with Crippen LogP contribution in [-0.2, 0) is 6.42 Å². The van der Waals surface area contributed by atoms with Crippen LogP contribution in [0, 0.1) is 13.8 Å². The number of nitrogens with zero attached hydrogens (tertiary/aromatic N) is 3. The monoisotopic (exact) mass is 420 g/mol. The molecule has 3 aromatic heterocycles. The summed E-state index contributed by atoms with van der Waals surface area (Å²) in [5, 5.41) is 2.98. The minimum Gasteiger partial charge on any atom is -0.491 e. The van der Waals surface area contributed by atoms with Crippen molar-refractivity contribution in [3.63, 3.8) is 0 Å². The number of pyridine rings is 1. The van der Waals surface area contributed by atoms with E-state index in [4.69, 9.17) is 15.5 Å². The van der Waals surface area contributed by atoms with E-state index in [-0.39, 0.29) is 6.10 Å². The molecule has 0 radical (unpaired) electrons. The Morgan fingerprint density at radius 1 is 1.20 bits per heavy atom. The summed E-state index contributed by atoms with van der Waals surface area (Å²) >= 11 is 1.58. The molecular weight excluding hydrogens is 396 g/mol. The van der Waals surface area contributed by atoms with Crippen molar-refractivity contribution >= 4 is 22.9 Å². The van der Waals surface area contributed by atoms with E-state index in [1.807, 2.05) is 32.3 Å². The van der Waals surface area contributed by atoms with Crippen molar-refractivity contribution in [1.29, 1.82) is 0 Å². The van der Waals surface area contributed by atoms with Crippen LogP contribution in [-0.4, -0.2) is 26.4 Å². The van der Waals surface area contributed by atoms with Crippen LogP contribution in [0.2, 0.25) is 0 Å². The SMILES string of the molecule is Cc1ccn2c(-c3csc(Cc4cc(C(N)=O)ccc4OC(C)C)n3)c(C)nc2c1. The lowest BCUT2D eigenvalue weighted by atomic mass is 10.1. The standard InChI is InChI=1S/C23H24N4O2S/c1-13(2)29-19-6-5-16(23(24)28)10-17(19)11-21-26-18(12-30-21)22-15(4)25-20-9-14(3)7-8-27(20)22/h5-10,12-13H,11H2,1-4H3,(H2,24,28). The second-order valence-electron chi connectivity index (χ2n) is 7.63. The molecule has 0 aliphatic carbocycles. The number of hydrogen-bond donors (Lipinski definition) is 1. The van der Waals surface area contributed by atoms with Gasteiger partial charge in [-0.25, -0.2) is 9.97 Å². The van der Waals surface area contributed by atoms with Gasteiger partial charge in [-0.3, -0.25) is 9.20 Å². The van der Waals surface area contributed by atoms with Crippen molar-refractivity contribution < 1.29 is 9.53 Å². The molecule has 0 saturated carbocycles. The number of amides is 1. The molecule has 3 heterocycles. The van der Waals surface area contributed by atoms with E-state index in [0.29, 0.717) is 12.0 Å². The van der Waals surface area contributed by atoms with E-state index in [2.05, 4.69) is 28.4 Å². The highest BCUT2D eigenvalue weighted by Gasteiger charge is 2.16. The highest BCUT2D eigenvalue weighted by molar-refractivity contribution is 7.10. The number of ether oxygens (including phenoxy) is 1. The van der Waals surface area contributed by atoms with Crippen LogP contribution in [0.1, 0.15) is 46.0 Å². The Balaban J connectivity index is 1.70. The molecule has 0 spiro atoms. The Labute approximate surface area is 179 Å². The number of hydrogen-bond acceptors (Lipinski definition) is 5. The summed E-state index contributed by atoms with van der Waals surface area (Å²) in [6, 6.07) is 9.43. The summed E-state index contributed by atoms with van der Waals surface area (Å²) in [5.41, 5.74) is 11.7. The van der Waals surface area contributed by atoms with Gasteiger partial charge in [0.2, 0.25) is 5.91 Å². The molecule has 0 aliphatic rings. The van der Waals surface area contributed by atoms with E-state index >= 15 is 0 Å². The predicted octanol–water partition coefficient (Wildman–Crippen LogP) is 4.55. The largest absolute Gasteiger partial charge is 0.491 e. The molecular formula is C23H24N4O2S. The maximum Gasteiger partial charge on any atom is 0.248 e. The number of aryl methyl sites for hydroxylation is 2. The molecule has 1 aromatic carbocycles. The smallest absolute Gasteiger partial charge is 0.248 e. The molecule has 0 bridgehead atoms. The first-order valence-corrected chi connectivity index (χ1v) is 10.7. The second-order valence-corrected chi connectivity index (χ2v) is 8.58. The zero-order valence-corrected chi connectivity index (χ0v) is 18.3. The third-order valence-electron chi connectivity index (χ3n) is 4.80. The lowest BCUT2D eigenvalue weighted by Gasteiger charge is -2.14. The first-order valence-electron chi connectivity index (χ1n) is 9.81. The molecule has 0 atom stereocenters. The van der Waals surface area contributed by atoms with Gasteiger partial charge in [0.05, 0.1) is 22.5 Å². The van der Waals surface area contributed by atoms with Crippen molar-refractivity contribution in [3.05, 3.63) is 69.3 Å². The van der Waals surface area contributed by atoms with Crippen LogP contribution in [0.5, 0.6) is 5.75 Å². The number of aromatic nitrogens is 3. The van der Waals surface area contributed by atoms with Crippen molar-refractivity contribution in [2.45, 2.75) is 40.2 Å². The van der Waals surface area contributed by atoms with Gasteiger partial charge in [0.15, 0.2) is 0 Å². The number of fused-ring (bicyclic) bond motifs is 1. The minimum atomic E-state index is -0.455. The van der Waals surface area contributed by atoms with Crippen molar-refractivity contribution in [3.8, 4) is 17.1 Å². The molecule has 4 aromatic rings. The highest BCUT2D eigenvalue weighted by Crippen LogP contribution is 2.30. The number of thiazole rings is 1. The average molecular weight is 421 g/mol. The summed E-state index contributed by atoms with van der Waals surface area (Å²) < 4.78 is 8.00. The summed E-state index contributed by atoms with van der Waals surface area (Å²) in [6.45, 7) is 8.01. The van der Waals surface area contributed by atoms with Gasteiger partial charge in [0.1, 0.15) is 17.1 Å². The lowest BCUT2D eigenvalue weighted by molar-refractivity contribution is 0.1000. The quantitative estimate of drug-likeness (QED) is 0.496. The molecule has 2 N–H and O–H groups in total. The molecule has 0 saturated heterocycles. The molecule has 1 amide bonds. The van der Waals surface area contributed by atoms with Crippen LogP contribution in [0.4, 0.5) is 0 Å². The molecule has 6 nitrogen and oxygen atoms in total. The third-order valence-corrected chi connectivity index (χ3v) is 5.65. The van der Waals surface area contributed by atoms with Gasteiger partial charge in [-0.15, -0.1) is 11.3 Å². The molecule has 0 aliphatic heterocycles. The Morgan fingerprint density at radius 3 is 2.73 bits per heavy atom. The maximum atomic E-state index is 11.6. The minimum absolute atomic E-state index is 0.0271. The van der Waals surface area contributed by atoms with E-state index in [9.17, 15) is 4.79 Å². The van der Waals surface area contributed by atoms with Gasteiger partial charge < -0.3 is 10.5 Å². The van der Waals surface area contributed by atoms with Gasteiger partial charge in [-0.1, -0.05) is 0 Å². The normalized spacial score (nSPS) is 11.4. The number of rotatable bonds is 6. The Morgan fingerprint density at radius 2 is 2.00 bits per heavy atom. The Hall–Kier alpha value is -3.19. The molecule has 4 rings (SSSR count). The van der Waals surface area contributed by atoms with Crippen LogP contribution >= 0.6 is 11.3 Å². The fourth-order valence-corrected chi connectivity index (χ4v) is 4.28. The summed E-state index contributed by atoms with van der Waals surface area (Å²) in [6.07, 6.45) is 2.62. The molecule has 0 unspecified atom stereocenters. The van der Waals surface area contributed by atoms with Crippen molar-refractivity contribution in [1.82, 2.24) is 14.4 Å². The third kappa shape index (κ3) is 3.93. The fourth-order valence-electron chi connectivity index (χ4n) is 3.48. The van der Waals surface area contributed by atoms with Gasteiger partial charge in [0.25, 0.3) is 0 Å². The number of imidazole rings is 1. The molecule has 30 heavy (non-hydrogen) atoms. The van der Waals surface area contributed by atoms with Gasteiger partial charge >= 0.3 is 0 Å². The van der Waals surface area contributed by atoms with Gasteiger partial charge in [0, 0.05) is 29.1 Å². The predicted molar refractivity (Wildman–Crippen MR) is 119 cm³/mol. The summed E-state index contributed by atoms with van der Waals surface area (Å²) in [5.74, 6) is 0.289. The Bertz CT molecular complexity index is 1240. The fraction of sp³-hybridized carbons (Fsp3) is 0.261. The van der Waals surface area contributed by atoms with Crippen molar-refractivity contribution in [2.24, 2.45) is 5.73 Å². The summed E-state index contributed by atoms with van der Waals surface area (Å²) in [4.78, 5) is 21.2. The van der Waals surface area contributed by atoms with E-state index in [0.717, 1.165) is 39.0 Å². The lowest BCUT2D eigenvalue weighted by Crippen LogP contribution is -2.13. The molecule has 7 heteroatoms. The zero-order chi connectivity index (χ0) is 21.4. The molecule has 0 fully saturated rings. The first-order chi connectivity index (χ1) is 14.3. The van der Waals surface area contributed by atoms with Crippen molar-refractivity contribution in [2.75, 3.05) is 0 Å². The van der Waals surface area contributed by atoms with Crippen LogP contribution in [0.15, 0.2) is 41.9 Å². The van der Waals surface area contributed by atoms with Gasteiger partial charge in [-0.05, 0) is 63.6 Å². The van der Waals surface area contributed by atoms with E-state index < -0.39 is 5.91 Å². The second kappa shape index (κ2) is 7.91. The number of carbonyl (C=O) groups is 1. The topological polar surface area (TPSA) is 82.5 Å². The van der Waals surface area contributed by atoms with Crippen LogP contribution < -0.4 is 10.5 Å². The Kier molecular flexibility index (Phi) is 5.30. The summed E-state index contributed by atoms with van der Waals surface area (Å²) in [7, 11) is 0. The van der Waals surface area contributed by atoms with E-state index in [1.165, 1.54) is 5.56 Å². The van der Waals surface area contributed by atoms with Gasteiger partial charge in [-0.2, -0.15) is 0 Å². The number of nitrogens with two attached hydrogens (primary N) is 1. The number of benzene rings is 1. The highest BCUT2D eigenvalue weighted by atomic mass is 32.1. The van der Waals surface area contributed by atoms with E-state index in [1.54, 1.807) is 29.5 Å². The zero-order valence-electron chi connectivity index (χ0n) is 17.5. The van der Waals surface area contributed by atoms with Crippen LogP contribution in [0.25, 0.3) is 17.0 Å². The average Bonchev–Trinajstić information content (AvgIpc) is 3.25. The number of carbonyl (C=O) groups excluding carboxylic acids is 1. The number of primary amides is 1. The maximum absolute atomic E-state index is 11.6.